The van der Waals surface area contributed by atoms with Crippen molar-refractivity contribution < 1.29 is 18.0 Å². The van der Waals surface area contributed by atoms with E-state index in [4.69, 9.17) is 5.73 Å². The van der Waals surface area contributed by atoms with Crippen LogP contribution in [-0.2, 0) is 4.79 Å². The van der Waals surface area contributed by atoms with Crippen LogP contribution in [0.25, 0.3) is 28.1 Å². The molecular weight excluding hydrogens is 483 g/mol. The van der Waals surface area contributed by atoms with E-state index in [0.29, 0.717) is 34.8 Å². The standard InChI is InChI=1S/C26H28F3N7O/c1-25(2,3)24(37)31-18-7-4-15-5-8-19(32-20(15)12-18)23-34-33-21-9-6-16(13-36(21)23)22(26(27,28)29)35-11-10-17(30)14-35/h4-9,12-13,17,22H,10-11,14,30H2,1-3H3,(H,31,37)/t17-,22+/m0/s1. The van der Waals surface area contributed by atoms with Gasteiger partial charge in [0, 0.05) is 41.8 Å². The number of aromatic nitrogens is 4. The molecule has 4 heterocycles. The van der Waals surface area contributed by atoms with Gasteiger partial charge in [0.25, 0.3) is 0 Å². The Bertz CT molecular complexity index is 1470. The van der Waals surface area contributed by atoms with Crippen molar-refractivity contribution in [2.75, 3.05) is 18.4 Å². The number of carbonyl (C=O) groups excluding carboxylic acids is 1. The SMILES string of the molecule is CC(C)(C)C(=O)Nc1ccc2ccc(-c3nnc4ccc([C@@H](N5CC[C@H](N)C5)C(F)(F)F)cn34)nc2c1. The maximum absolute atomic E-state index is 14.1. The lowest BCUT2D eigenvalue weighted by molar-refractivity contribution is -0.183. The molecule has 194 valence electrons. The van der Waals surface area contributed by atoms with Crippen LogP contribution in [0.2, 0.25) is 0 Å². The van der Waals surface area contributed by atoms with E-state index in [0.717, 1.165) is 5.39 Å². The van der Waals surface area contributed by atoms with E-state index in [1.807, 2.05) is 32.9 Å². The fraction of sp³-hybridized carbons (Fsp3) is 0.385. The minimum Gasteiger partial charge on any atom is -0.326 e. The molecule has 1 saturated heterocycles. The number of fused-ring (bicyclic) bond motifs is 2. The van der Waals surface area contributed by atoms with Crippen molar-refractivity contribution in [2.24, 2.45) is 11.1 Å². The van der Waals surface area contributed by atoms with Gasteiger partial charge in [-0.05, 0) is 36.2 Å². The van der Waals surface area contributed by atoms with Gasteiger partial charge in [0.15, 0.2) is 11.5 Å². The highest BCUT2D eigenvalue weighted by atomic mass is 19.4. The van der Waals surface area contributed by atoms with Crippen LogP contribution in [-0.4, -0.2) is 55.7 Å². The van der Waals surface area contributed by atoms with Gasteiger partial charge in [-0.3, -0.25) is 14.1 Å². The van der Waals surface area contributed by atoms with Crippen molar-refractivity contribution >= 4 is 28.1 Å². The lowest BCUT2D eigenvalue weighted by Crippen LogP contribution is -2.38. The average Bonchev–Trinajstić information content (AvgIpc) is 3.43. The van der Waals surface area contributed by atoms with E-state index < -0.39 is 17.6 Å². The summed E-state index contributed by atoms with van der Waals surface area (Å²) in [4.78, 5) is 18.5. The second-order valence-corrected chi connectivity index (χ2v) is 10.5. The van der Waals surface area contributed by atoms with Gasteiger partial charge in [-0.15, -0.1) is 10.2 Å². The van der Waals surface area contributed by atoms with E-state index in [1.165, 1.54) is 27.6 Å². The number of benzene rings is 1. The number of hydrogen-bond donors (Lipinski definition) is 2. The molecule has 11 heteroatoms. The molecule has 3 aromatic heterocycles. The summed E-state index contributed by atoms with van der Waals surface area (Å²) < 4.78 is 44.0. The predicted molar refractivity (Wildman–Crippen MR) is 135 cm³/mol. The monoisotopic (exact) mass is 511 g/mol. The Labute approximate surface area is 211 Å². The number of amides is 1. The Balaban J connectivity index is 1.53. The van der Waals surface area contributed by atoms with E-state index in [1.54, 1.807) is 18.2 Å². The van der Waals surface area contributed by atoms with Crippen molar-refractivity contribution in [3.8, 4) is 11.5 Å². The normalized spacial score (nSPS) is 18.0. The highest BCUT2D eigenvalue weighted by Gasteiger charge is 2.46. The maximum Gasteiger partial charge on any atom is 0.408 e. The zero-order chi connectivity index (χ0) is 26.5. The number of nitrogens with zero attached hydrogens (tertiary/aromatic N) is 5. The number of alkyl halides is 3. The molecule has 8 nitrogen and oxygen atoms in total. The molecule has 3 N–H and O–H groups in total. The van der Waals surface area contributed by atoms with Crippen LogP contribution in [0, 0.1) is 5.41 Å². The second kappa shape index (κ2) is 9.07. The molecule has 1 aromatic carbocycles. The number of nitrogens with one attached hydrogen (secondary N) is 1. The summed E-state index contributed by atoms with van der Waals surface area (Å²) in [5.41, 5.74) is 7.49. The van der Waals surface area contributed by atoms with Gasteiger partial charge >= 0.3 is 6.18 Å². The Kier molecular flexibility index (Phi) is 6.15. The average molecular weight is 512 g/mol. The molecule has 37 heavy (non-hydrogen) atoms. The third-order valence-electron chi connectivity index (χ3n) is 6.53. The molecule has 1 fully saturated rings. The largest absolute Gasteiger partial charge is 0.408 e. The van der Waals surface area contributed by atoms with Gasteiger partial charge in [0.1, 0.15) is 11.7 Å². The van der Waals surface area contributed by atoms with Gasteiger partial charge in [-0.1, -0.05) is 39.0 Å². The number of pyridine rings is 2. The van der Waals surface area contributed by atoms with Crippen molar-refractivity contribution in [3.05, 3.63) is 54.2 Å². The zero-order valence-corrected chi connectivity index (χ0v) is 20.8. The summed E-state index contributed by atoms with van der Waals surface area (Å²) in [6, 6.07) is 9.91. The van der Waals surface area contributed by atoms with Gasteiger partial charge in [-0.25, -0.2) is 4.98 Å². The molecule has 0 unspecified atom stereocenters. The Morgan fingerprint density at radius 2 is 1.86 bits per heavy atom. The highest BCUT2D eigenvalue weighted by molar-refractivity contribution is 5.96. The molecule has 5 rings (SSSR count). The van der Waals surface area contributed by atoms with Gasteiger partial charge in [-0.2, -0.15) is 13.2 Å². The molecule has 0 aliphatic carbocycles. The molecule has 0 saturated carbocycles. The van der Waals surface area contributed by atoms with Crippen molar-refractivity contribution in [2.45, 2.75) is 45.5 Å². The summed E-state index contributed by atoms with van der Waals surface area (Å²) in [5.74, 6) is 0.194. The Morgan fingerprint density at radius 3 is 2.54 bits per heavy atom. The smallest absolute Gasteiger partial charge is 0.326 e. The number of hydrogen-bond acceptors (Lipinski definition) is 6. The fourth-order valence-corrected chi connectivity index (χ4v) is 4.54. The Hall–Kier alpha value is -3.57. The van der Waals surface area contributed by atoms with Crippen molar-refractivity contribution in [1.82, 2.24) is 24.5 Å². The minimum atomic E-state index is -4.47. The first kappa shape index (κ1) is 25.1. The highest BCUT2D eigenvalue weighted by Crippen LogP contribution is 2.39. The quantitative estimate of drug-likeness (QED) is 0.416. The number of likely N-dealkylation sites (tertiary alicyclic amines) is 1. The predicted octanol–water partition coefficient (Wildman–Crippen LogP) is 4.57. The lowest BCUT2D eigenvalue weighted by atomic mass is 9.95. The number of nitrogens with two attached hydrogens (primary N) is 1. The summed E-state index contributed by atoms with van der Waals surface area (Å²) in [7, 11) is 0. The molecule has 4 aromatic rings. The van der Waals surface area contributed by atoms with Crippen LogP contribution in [0.3, 0.4) is 0 Å². The molecule has 1 amide bonds. The molecule has 1 aliphatic heterocycles. The van der Waals surface area contributed by atoms with Crippen LogP contribution < -0.4 is 11.1 Å². The number of anilines is 1. The third kappa shape index (κ3) is 5.01. The van der Waals surface area contributed by atoms with E-state index in [-0.39, 0.29) is 30.6 Å². The van der Waals surface area contributed by atoms with Crippen molar-refractivity contribution in [3.63, 3.8) is 0 Å². The summed E-state index contributed by atoms with van der Waals surface area (Å²) in [6.45, 7) is 5.93. The van der Waals surface area contributed by atoms with Crippen LogP contribution in [0.5, 0.6) is 0 Å². The molecule has 0 radical (unpaired) electrons. The lowest BCUT2D eigenvalue weighted by Gasteiger charge is -2.30. The van der Waals surface area contributed by atoms with E-state index in [2.05, 4.69) is 20.5 Å². The second-order valence-electron chi connectivity index (χ2n) is 10.5. The maximum atomic E-state index is 14.1. The minimum absolute atomic E-state index is 0.0862. The van der Waals surface area contributed by atoms with E-state index in [9.17, 15) is 18.0 Å². The number of halogens is 3. The molecule has 2 atom stereocenters. The Morgan fingerprint density at radius 1 is 1.11 bits per heavy atom. The van der Waals surface area contributed by atoms with Crippen LogP contribution in [0.1, 0.15) is 38.8 Å². The molecular formula is C26H28F3N7O. The first-order valence-electron chi connectivity index (χ1n) is 12.0. The first-order chi connectivity index (χ1) is 17.4. The third-order valence-corrected chi connectivity index (χ3v) is 6.53. The fourth-order valence-electron chi connectivity index (χ4n) is 4.54. The molecule has 1 aliphatic rings. The van der Waals surface area contributed by atoms with E-state index >= 15 is 0 Å². The van der Waals surface area contributed by atoms with Gasteiger partial charge < -0.3 is 11.1 Å². The summed E-state index contributed by atoms with van der Waals surface area (Å²) in [5, 5.41) is 12.1. The number of rotatable bonds is 4. The van der Waals surface area contributed by atoms with Crippen LogP contribution in [0.15, 0.2) is 48.7 Å². The van der Waals surface area contributed by atoms with Crippen molar-refractivity contribution in [1.29, 1.82) is 0 Å². The van der Waals surface area contributed by atoms with Gasteiger partial charge in [0.05, 0.1) is 5.52 Å². The summed E-state index contributed by atoms with van der Waals surface area (Å²) in [6.07, 6.45) is -2.52. The molecule has 0 bridgehead atoms. The first-order valence-corrected chi connectivity index (χ1v) is 12.0. The molecule has 0 spiro atoms. The van der Waals surface area contributed by atoms with Crippen LogP contribution in [0.4, 0.5) is 18.9 Å². The summed E-state index contributed by atoms with van der Waals surface area (Å²) >= 11 is 0. The van der Waals surface area contributed by atoms with Gasteiger partial charge in [0.2, 0.25) is 5.91 Å². The zero-order valence-electron chi connectivity index (χ0n) is 20.8. The number of carbonyl (C=O) groups is 1. The topological polar surface area (TPSA) is 101 Å². The van der Waals surface area contributed by atoms with Crippen LogP contribution >= 0.6 is 0 Å².